The highest BCUT2D eigenvalue weighted by Crippen LogP contribution is 2.33. The van der Waals surface area contributed by atoms with Crippen molar-refractivity contribution >= 4 is 22.9 Å². The normalized spacial score (nSPS) is 22.9. The monoisotopic (exact) mass is 275 g/mol. The molecule has 3 rings (SSSR count). The van der Waals surface area contributed by atoms with Gasteiger partial charge < -0.3 is 10.0 Å². The molecule has 1 aliphatic heterocycles. The number of aromatic nitrogens is 4. The average Bonchev–Trinajstić information content (AvgIpc) is 2.83. The molecular formula is C9H8ClF2N5O. The lowest BCUT2D eigenvalue weighted by Gasteiger charge is -2.17. The topological polar surface area (TPSA) is 66.5 Å². The zero-order chi connectivity index (χ0) is 12.9. The van der Waals surface area contributed by atoms with E-state index in [1.165, 1.54) is 21.9 Å². The maximum absolute atomic E-state index is 13.3. The van der Waals surface area contributed by atoms with Crippen LogP contribution in [-0.2, 0) is 0 Å². The lowest BCUT2D eigenvalue weighted by Crippen LogP contribution is -2.31. The summed E-state index contributed by atoms with van der Waals surface area (Å²) in [4.78, 5) is 5.26. The van der Waals surface area contributed by atoms with E-state index in [1.54, 1.807) is 0 Å². The molecule has 0 aliphatic carbocycles. The molecule has 0 amide bonds. The Balaban J connectivity index is 2.07. The van der Waals surface area contributed by atoms with Gasteiger partial charge in [-0.25, -0.2) is 13.8 Å². The van der Waals surface area contributed by atoms with E-state index in [2.05, 4.69) is 15.2 Å². The third-order valence-electron chi connectivity index (χ3n) is 2.83. The van der Waals surface area contributed by atoms with E-state index in [-0.39, 0.29) is 11.7 Å². The number of rotatable bonds is 1. The SMILES string of the molecule is OC1CN(c2cc(Cl)nn3ncnc23)CC1(F)F. The van der Waals surface area contributed by atoms with Crippen LogP contribution in [0.4, 0.5) is 14.5 Å². The van der Waals surface area contributed by atoms with E-state index in [0.717, 1.165) is 0 Å². The van der Waals surface area contributed by atoms with E-state index in [9.17, 15) is 13.9 Å². The summed E-state index contributed by atoms with van der Waals surface area (Å²) in [7, 11) is 0. The van der Waals surface area contributed by atoms with E-state index in [1.807, 2.05) is 0 Å². The van der Waals surface area contributed by atoms with Crippen LogP contribution in [0.3, 0.4) is 0 Å². The number of halogens is 3. The number of aliphatic hydroxyl groups excluding tert-OH is 1. The maximum Gasteiger partial charge on any atom is 0.292 e. The minimum Gasteiger partial charge on any atom is -0.385 e. The van der Waals surface area contributed by atoms with E-state index in [4.69, 9.17) is 11.6 Å². The smallest absolute Gasteiger partial charge is 0.292 e. The standard InChI is InChI=1S/C9H8ClF2N5O/c10-7-1-5(8-13-4-14-17(8)15-7)16-2-6(18)9(11,12)3-16/h1,4,6,18H,2-3H2. The van der Waals surface area contributed by atoms with Crippen LogP contribution in [0.1, 0.15) is 0 Å². The Morgan fingerprint density at radius 1 is 1.50 bits per heavy atom. The summed E-state index contributed by atoms with van der Waals surface area (Å²) in [6, 6.07) is 1.43. The Morgan fingerprint density at radius 2 is 2.28 bits per heavy atom. The maximum atomic E-state index is 13.3. The van der Waals surface area contributed by atoms with Crippen LogP contribution in [0, 0.1) is 0 Å². The molecule has 0 saturated carbocycles. The summed E-state index contributed by atoms with van der Waals surface area (Å²) in [5.74, 6) is -3.15. The highest BCUT2D eigenvalue weighted by molar-refractivity contribution is 6.29. The third kappa shape index (κ3) is 1.68. The van der Waals surface area contributed by atoms with Gasteiger partial charge in [0.2, 0.25) is 0 Å². The van der Waals surface area contributed by atoms with Crippen molar-refractivity contribution in [1.82, 2.24) is 19.8 Å². The second-order valence-corrected chi connectivity index (χ2v) is 4.47. The molecule has 1 N–H and O–H groups in total. The second-order valence-electron chi connectivity index (χ2n) is 4.08. The van der Waals surface area contributed by atoms with Gasteiger partial charge in [0, 0.05) is 6.07 Å². The van der Waals surface area contributed by atoms with E-state index in [0.29, 0.717) is 11.3 Å². The summed E-state index contributed by atoms with van der Waals surface area (Å²) in [5, 5.41) is 17.1. The Bertz CT molecular complexity index is 604. The van der Waals surface area contributed by atoms with Gasteiger partial charge in [-0.3, -0.25) is 0 Å². The molecule has 1 atom stereocenters. The zero-order valence-electron chi connectivity index (χ0n) is 8.96. The molecule has 0 bridgehead atoms. The van der Waals surface area contributed by atoms with Crippen LogP contribution < -0.4 is 4.90 Å². The van der Waals surface area contributed by atoms with Crippen LogP contribution in [0.5, 0.6) is 0 Å². The average molecular weight is 276 g/mol. The Kier molecular flexibility index (Phi) is 2.39. The molecule has 1 unspecified atom stereocenters. The fraction of sp³-hybridized carbons (Fsp3) is 0.444. The number of β-amino-alcohol motifs (C(OH)–C–C–N with tert-alkyl or cyclic N) is 1. The van der Waals surface area contributed by atoms with Gasteiger partial charge in [-0.1, -0.05) is 11.6 Å². The van der Waals surface area contributed by atoms with Crippen molar-refractivity contribution in [2.75, 3.05) is 18.0 Å². The number of hydrogen-bond donors (Lipinski definition) is 1. The van der Waals surface area contributed by atoms with Crippen molar-refractivity contribution < 1.29 is 13.9 Å². The highest BCUT2D eigenvalue weighted by Gasteiger charge is 2.47. The molecule has 0 aromatic carbocycles. The molecule has 6 nitrogen and oxygen atoms in total. The lowest BCUT2D eigenvalue weighted by molar-refractivity contribution is -0.0712. The zero-order valence-corrected chi connectivity index (χ0v) is 9.72. The van der Waals surface area contributed by atoms with Crippen molar-refractivity contribution in [2.45, 2.75) is 12.0 Å². The predicted octanol–water partition coefficient (Wildman–Crippen LogP) is 0.594. The number of nitrogens with zero attached hydrogens (tertiary/aromatic N) is 5. The summed E-state index contributed by atoms with van der Waals surface area (Å²) in [5.41, 5.74) is 0.702. The summed E-state index contributed by atoms with van der Waals surface area (Å²) < 4.78 is 27.8. The summed E-state index contributed by atoms with van der Waals surface area (Å²) >= 11 is 5.79. The number of anilines is 1. The molecule has 3 heterocycles. The molecule has 1 saturated heterocycles. The molecule has 0 radical (unpaired) electrons. The number of hydrogen-bond acceptors (Lipinski definition) is 5. The van der Waals surface area contributed by atoms with Gasteiger partial charge in [-0.15, -0.1) is 14.8 Å². The van der Waals surface area contributed by atoms with Crippen LogP contribution in [0.2, 0.25) is 5.15 Å². The summed E-state index contributed by atoms with van der Waals surface area (Å²) in [6.07, 6.45) is -0.445. The quantitative estimate of drug-likeness (QED) is 0.825. The van der Waals surface area contributed by atoms with Crippen molar-refractivity contribution in [3.05, 3.63) is 17.5 Å². The molecule has 2 aromatic rings. The number of aliphatic hydroxyl groups is 1. The first-order valence-corrected chi connectivity index (χ1v) is 5.52. The predicted molar refractivity (Wildman–Crippen MR) is 59.0 cm³/mol. The number of fused-ring (bicyclic) bond motifs is 1. The van der Waals surface area contributed by atoms with E-state index >= 15 is 0 Å². The number of alkyl halides is 2. The molecule has 1 fully saturated rings. The van der Waals surface area contributed by atoms with Gasteiger partial charge in [0.1, 0.15) is 12.4 Å². The Labute approximate surface area is 105 Å². The van der Waals surface area contributed by atoms with Gasteiger partial charge in [-0.2, -0.15) is 0 Å². The minimum absolute atomic E-state index is 0.118. The van der Waals surface area contributed by atoms with Crippen molar-refractivity contribution in [2.24, 2.45) is 0 Å². The van der Waals surface area contributed by atoms with Gasteiger partial charge in [0.25, 0.3) is 5.92 Å². The first kappa shape index (κ1) is 11.5. The minimum atomic E-state index is -3.15. The fourth-order valence-electron chi connectivity index (χ4n) is 1.96. The molecule has 2 aromatic heterocycles. The van der Waals surface area contributed by atoms with Crippen molar-refractivity contribution in [3.8, 4) is 0 Å². The summed E-state index contributed by atoms with van der Waals surface area (Å²) in [6.45, 7) is -0.771. The molecule has 9 heteroatoms. The van der Waals surface area contributed by atoms with Gasteiger partial charge in [0.15, 0.2) is 10.8 Å². The lowest BCUT2D eigenvalue weighted by atomic mass is 10.2. The third-order valence-corrected chi connectivity index (χ3v) is 3.01. The first-order chi connectivity index (χ1) is 8.47. The van der Waals surface area contributed by atoms with E-state index < -0.39 is 18.6 Å². The molecule has 1 aliphatic rings. The van der Waals surface area contributed by atoms with Crippen LogP contribution in [0.25, 0.3) is 5.65 Å². The second kappa shape index (κ2) is 3.72. The Hall–Kier alpha value is -1.54. The first-order valence-electron chi connectivity index (χ1n) is 5.15. The van der Waals surface area contributed by atoms with Crippen LogP contribution in [-0.4, -0.2) is 50.0 Å². The molecule has 0 spiro atoms. The molecule has 96 valence electrons. The molecule has 18 heavy (non-hydrogen) atoms. The largest absolute Gasteiger partial charge is 0.385 e. The van der Waals surface area contributed by atoms with Gasteiger partial charge >= 0.3 is 0 Å². The Morgan fingerprint density at radius 3 is 2.94 bits per heavy atom. The molecular weight excluding hydrogens is 268 g/mol. The van der Waals surface area contributed by atoms with Gasteiger partial charge in [-0.05, 0) is 0 Å². The fourth-order valence-corrected chi connectivity index (χ4v) is 2.13. The highest BCUT2D eigenvalue weighted by atomic mass is 35.5. The van der Waals surface area contributed by atoms with Crippen LogP contribution in [0.15, 0.2) is 12.4 Å². The van der Waals surface area contributed by atoms with Gasteiger partial charge in [0.05, 0.1) is 18.8 Å². The van der Waals surface area contributed by atoms with Crippen LogP contribution >= 0.6 is 11.6 Å². The van der Waals surface area contributed by atoms with Crippen molar-refractivity contribution in [1.29, 1.82) is 0 Å². The van der Waals surface area contributed by atoms with Crippen molar-refractivity contribution in [3.63, 3.8) is 0 Å².